The highest BCUT2D eigenvalue weighted by Crippen LogP contribution is 2.45. The molecule has 2 aliphatic carbocycles. The van der Waals surface area contributed by atoms with Gasteiger partial charge in [-0.15, -0.1) is 0 Å². The Hall–Kier alpha value is -0.160. The Morgan fingerprint density at radius 2 is 1.44 bits per heavy atom. The molecule has 0 atom stereocenters. The van der Waals surface area contributed by atoms with Crippen LogP contribution < -0.4 is 5.73 Å². The third-order valence-electron chi connectivity index (χ3n) is 3.67. The first-order chi connectivity index (χ1) is 7.51. The number of nitrogens with zero attached hydrogens (tertiary/aromatic N) is 1. The second kappa shape index (κ2) is 5.45. The van der Waals surface area contributed by atoms with E-state index in [4.69, 9.17) is 15.9 Å². The van der Waals surface area contributed by atoms with Crippen LogP contribution in [0.1, 0.15) is 25.7 Å². The van der Waals surface area contributed by atoms with Gasteiger partial charge in [0.1, 0.15) is 0 Å². The molecule has 0 aromatic carbocycles. The second-order valence-electron chi connectivity index (χ2n) is 5.76. The van der Waals surface area contributed by atoms with Crippen LogP contribution >= 0.6 is 0 Å². The van der Waals surface area contributed by atoms with Crippen LogP contribution in [0.4, 0.5) is 0 Å². The average molecular weight is 230 g/mol. The monoisotopic (exact) mass is 230 g/mol. The quantitative estimate of drug-likeness (QED) is 0.623. The summed E-state index contributed by atoms with van der Waals surface area (Å²) in [5.74, 6) is 0. The van der Waals surface area contributed by atoms with Gasteiger partial charge in [-0.2, -0.15) is 0 Å². The molecule has 0 bridgehead atoms. The number of hydrogen-bond donors (Lipinski definition) is 3. The molecule has 4 heteroatoms. The number of hydrogen-bond acceptors (Lipinski definition) is 4. The fourth-order valence-corrected chi connectivity index (χ4v) is 1.82. The minimum Gasteiger partial charge on any atom is -0.396 e. The predicted octanol–water partition coefficient (Wildman–Crippen LogP) is 0.0381. The van der Waals surface area contributed by atoms with Crippen LogP contribution in [0.2, 0.25) is 0 Å². The highest BCUT2D eigenvalue weighted by atomic mass is 16.3. The topological polar surface area (TPSA) is 69.7 Å². The van der Waals surface area contributed by atoms with E-state index in [1.165, 1.54) is 12.8 Å². The number of rotatable bonds is 5. The molecule has 4 N–H and O–H groups in total. The third kappa shape index (κ3) is 4.01. The molecule has 2 fully saturated rings. The normalized spacial score (nSPS) is 23.6. The fourth-order valence-electron chi connectivity index (χ4n) is 1.82. The average Bonchev–Trinajstić information content (AvgIpc) is 3.14. The zero-order valence-electron chi connectivity index (χ0n) is 10.6. The SMILES string of the molecule is CN(C)CC1(CO)CC1.NCC1(CO)CC1. The Bertz CT molecular complexity index is 205. The van der Waals surface area contributed by atoms with Crippen molar-refractivity contribution in [2.24, 2.45) is 16.6 Å². The largest absolute Gasteiger partial charge is 0.396 e. The molecule has 0 heterocycles. The summed E-state index contributed by atoms with van der Waals surface area (Å²) in [6.45, 7) is 2.35. The zero-order valence-corrected chi connectivity index (χ0v) is 10.6. The maximum atomic E-state index is 8.88. The smallest absolute Gasteiger partial charge is 0.0499 e. The lowest BCUT2D eigenvalue weighted by molar-refractivity contribution is 0.176. The summed E-state index contributed by atoms with van der Waals surface area (Å²) in [7, 11) is 4.10. The van der Waals surface area contributed by atoms with E-state index in [0.29, 0.717) is 18.6 Å². The molecule has 2 rings (SSSR count). The third-order valence-corrected chi connectivity index (χ3v) is 3.67. The lowest BCUT2D eigenvalue weighted by Gasteiger charge is -2.16. The summed E-state index contributed by atoms with van der Waals surface area (Å²) >= 11 is 0. The molecular weight excluding hydrogens is 204 g/mol. The highest BCUT2D eigenvalue weighted by molar-refractivity contribution is 4.94. The summed E-state index contributed by atoms with van der Waals surface area (Å²) in [5.41, 5.74) is 5.78. The van der Waals surface area contributed by atoms with E-state index in [0.717, 1.165) is 19.4 Å². The van der Waals surface area contributed by atoms with Crippen molar-refractivity contribution in [1.82, 2.24) is 4.90 Å². The molecule has 0 amide bonds. The van der Waals surface area contributed by atoms with Crippen molar-refractivity contribution in [3.8, 4) is 0 Å². The van der Waals surface area contributed by atoms with Gasteiger partial charge < -0.3 is 20.8 Å². The first-order valence-corrected chi connectivity index (χ1v) is 6.08. The standard InChI is InChI=1S/C7H15NO.C5H11NO/c1-8(2)5-7(6-9)3-4-7;6-3-5(4-7)1-2-5/h9H,3-6H2,1-2H3;7H,1-4,6H2. The Morgan fingerprint density at radius 3 is 1.50 bits per heavy atom. The van der Waals surface area contributed by atoms with Gasteiger partial charge in [-0.3, -0.25) is 0 Å². The first-order valence-electron chi connectivity index (χ1n) is 6.08. The molecule has 0 unspecified atom stereocenters. The van der Waals surface area contributed by atoms with Crippen molar-refractivity contribution in [3.63, 3.8) is 0 Å². The van der Waals surface area contributed by atoms with Gasteiger partial charge in [0.15, 0.2) is 0 Å². The lowest BCUT2D eigenvalue weighted by atomic mass is 10.1. The van der Waals surface area contributed by atoms with Crippen molar-refractivity contribution in [2.75, 3.05) is 40.4 Å². The Morgan fingerprint density at radius 1 is 1.00 bits per heavy atom. The molecular formula is C12H26N2O2. The van der Waals surface area contributed by atoms with Gasteiger partial charge in [0.2, 0.25) is 0 Å². The summed E-state index contributed by atoms with van der Waals surface area (Å²) in [4.78, 5) is 2.14. The molecule has 0 aliphatic heterocycles. The van der Waals surface area contributed by atoms with Crippen LogP contribution in [0.25, 0.3) is 0 Å². The zero-order chi connectivity index (χ0) is 12.2. The van der Waals surface area contributed by atoms with Gasteiger partial charge in [0.25, 0.3) is 0 Å². The van der Waals surface area contributed by atoms with E-state index in [9.17, 15) is 0 Å². The summed E-state index contributed by atoms with van der Waals surface area (Å²) in [6.07, 6.45) is 4.67. The van der Waals surface area contributed by atoms with Gasteiger partial charge in [0, 0.05) is 37.1 Å². The molecule has 16 heavy (non-hydrogen) atoms. The van der Waals surface area contributed by atoms with Crippen molar-refractivity contribution in [3.05, 3.63) is 0 Å². The van der Waals surface area contributed by atoms with E-state index in [1.54, 1.807) is 0 Å². The van der Waals surface area contributed by atoms with Crippen molar-refractivity contribution in [1.29, 1.82) is 0 Å². The summed E-state index contributed by atoms with van der Waals surface area (Å²) in [5, 5.41) is 17.5. The number of aliphatic hydroxyl groups is 2. The molecule has 0 aromatic rings. The number of nitrogens with two attached hydrogens (primary N) is 1. The van der Waals surface area contributed by atoms with Crippen LogP contribution in [0.3, 0.4) is 0 Å². The molecule has 0 radical (unpaired) electrons. The van der Waals surface area contributed by atoms with Crippen molar-refractivity contribution < 1.29 is 10.2 Å². The maximum absolute atomic E-state index is 8.88. The first kappa shape index (κ1) is 13.9. The minimum atomic E-state index is 0.167. The van der Waals surface area contributed by atoms with E-state index >= 15 is 0 Å². The predicted molar refractivity (Wildman–Crippen MR) is 65.1 cm³/mol. The van der Waals surface area contributed by atoms with Gasteiger partial charge in [-0.1, -0.05) is 0 Å². The number of aliphatic hydroxyl groups excluding tert-OH is 2. The van der Waals surface area contributed by atoms with Crippen LogP contribution in [-0.4, -0.2) is 55.5 Å². The van der Waals surface area contributed by atoms with Gasteiger partial charge >= 0.3 is 0 Å². The van der Waals surface area contributed by atoms with Crippen molar-refractivity contribution >= 4 is 0 Å². The molecule has 0 aromatic heterocycles. The van der Waals surface area contributed by atoms with E-state index in [1.807, 2.05) is 0 Å². The van der Waals surface area contributed by atoms with E-state index in [2.05, 4.69) is 19.0 Å². The Balaban J connectivity index is 0.000000165. The lowest BCUT2D eigenvalue weighted by Crippen LogP contribution is -2.25. The van der Waals surface area contributed by atoms with Crippen molar-refractivity contribution in [2.45, 2.75) is 25.7 Å². The maximum Gasteiger partial charge on any atom is 0.0499 e. The molecule has 2 saturated carbocycles. The fraction of sp³-hybridized carbons (Fsp3) is 1.00. The molecule has 0 spiro atoms. The minimum absolute atomic E-state index is 0.167. The molecule has 96 valence electrons. The van der Waals surface area contributed by atoms with Crippen LogP contribution in [-0.2, 0) is 0 Å². The molecule has 0 saturated heterocycles. The van der Waals surface area contributed by atoms with Crippen LogP contribution in [0.15, 0.2) is 0 Å². The Kier molecular flexibility index (Phi) is 4.73. The second-order valence-corrected chi connectivity index (χ2v) is 5.76. The van der Waals surface area contributed by atoms with Crippen LogP contribution in [0, 0.1) is 10.8 Å². The van der Waals surface area contributed by atoms with Crippen LogP contribution in [0.5, 0.6) is 0 Å². The summed E-state index contributed by atoms with van der Waals surface area (Å²) in [6, 6.07) is 0. The Labute approximate surface area is 98.4 Å². The van der Waals surface area contributed by atoms with E-state index < -0.39 is 0 Å². The summed E-state index contributed by atoms with van der Waals surface area (Å²) < 4.78 is 0. The van der Waals surface area contributed by atoms with Gasteiger partial charge in [-0.05, 0) is 39.8 Å². The highest BCUT2D eigenvalue weighted by Gasteiger charge is 2.42. The molecule has 4 nitrogen and oxygen atoms in total. The van der Waals surface area contributed by atoms with Gasteiger partial charge in [-0.25, -0.2) is 0 Å². The van der Waals surface area contributed by atoms with E-state index in [-0.39, 0.29) is 12.0 Å². The molecule has 2 aliphatic rings. The van der Waals surface area contributed by atoms with Gasteiger partial charge in [0.05, 0.1) is 0 Å².